The summed E-state index contributed by atoms with van der Waals surface area (Å²) in [4.78, 5) is 7.24. The van der Waals surface area contributed by atoms with E-state index in [0.717, 1.165) is 5.56 Å². The van der Waals surface area contributed by atoms with Gasteiger partial charge in [-0.15, -0.1) is 0 Å². The fourth-order valence-electron chi connectivity index (χ4n) is 1.67. The van der Waals surface area contributed by atoms with Crippen LogP contribution < -0.4 is 15.2 Å². The van der Waals surface area contributed by atoms with Crippen molar-refractivity contribution in [2.45, 2.75) is 6.54 Å². The molecule has 0 spiro atoms. The highest BCUT2D eigenvalue weighted by Gasteiger charge is 2.15. The van der Waals surface area contributed by atoms with Crippen LogP contribution in [0.5, 0.6) is 11.5 Å². The molecule has 1 heterocycles. The average molecular weight is 268 g/mol. The lowest BCUT2D eigenvalue weighted by molar-refractivity contribution is 0.395. The Hall–Kier alpha value is -1.72. The first-order chi connectivity index (χ1) is 8.69. The number of aromatic amines is 1. The predicted octanol–water partition coefficient (Wildman–Crippen LogP) is 2.21. The van der Waals surface area contributed by atoms with E-state index in [-0.39, 0.29) is 0 Å². The molecule has 6 heteroatoms. The van der Waals surface area contributed by atoms with Crippen LogP contribution in [-0.2, 0) is 6.54 Å². The van der Waals surface area contributed by atoms with Gasteiger partial charge in [0.15, 0.2) is 0 Å². The highest BCUT2D eigenvalue weighted by molar-refractivity contribution is 6.32. The lowest BCUT2D eigenvalue weighted by atomic mass is 10.1. The number of hydrogen-bond acceptors (Lipinski definition) is 4. The third-order valence-electron chi connectivity index (χ3n) is 2.57. The normalized spacial score (nSPS) is 10.4. The third-order valence-corrected chi connectivity index (χ3v) is 2.84. The SMILES string of the molecule is COc1ccc(-c2nc(CN)[nH]c2Cl)c(OC)c1. The van der Waals surface area contributed by atoms with E-state index in [9.17, 15) is 0 Å². The number of nitrogens with two attached hydrogens (primary N) is 1. The second-order valence-corrected chi connectivity index (χ2v) is 3.99. The highest BCUT2D eigenvalue weighted by atomic mass is 35.5. The molecule has 5 nitrogen and oxygen atoms in total. The Labute approximate surface area is 110 Å². The summed E-state index contributed by atoms with van der Waals surface area (Å²) in [5.74, 6) is 1.99. The standard InChI is InChI=1S/C12H14ClN3O2/c1-17-7-3-4-8(9(5-7)18-2)11-12(13)16-10(6-14)15-11/h3-5H,6,14H2,1-2H3,(H,15,16). The van der Waals surface area contributed by atoms with E-state index in [1.54, 1.807) is 20.3 Å². The summed E-state index contributed by atoms with van der Waals surface area (Å²) in [5, 5.41) is 0.443. The van der Waals surface area contributed by atoms with Gasteiger partial charge in [-0.1, -0.05) is 11.6 Å². The number of ether oxygens (including phenoxy) is 2. The van der Waals surface area contributed by atoms with Crippen LogP contribution in [0.4, 0.5) is 0 Å². The average Bonchev–Trinajstić information content (AvgIpc) is 2.79. The molecule has 1 aromatic carbocycles. The molecule has 0 amide bonds. The molecule has 96 valence electrons. The first-order valence-corrected chi connectivity index (χ1v) is 5.74. The molecular formula is C12H14ClN3O2. The molecule has 0 bridgehead atoms. The minimum atomic E-state index is 0.304. The second kappa shape index (κ2) is 5.29. The topological polar surface area (TPSA) is 73.2 Å². The lowest BCUT2D eigenvalue weighted by Gasteiger charge is -2.08. The number of imidazole rings is 1. The summed E-state index contributed by atoms with van der Waals surface area (Å²) >= 11 is 6.10. The summed E-state index contributed by atoms with van der Waals surface area (Å²) in [7, 11) is 3.19. The highest BCUT2D eigenvalue weighted by Crippen LogP contribution is 2.35. The molecule has 0 saturated carbocycles. The summed E-state index contributed by atoms with van der Waals surface area (Å²) in [6.07, 6.45) is 0. The number of hydrogen-bond donors (Lipinski definition) is 2. The van der Waals surface area contributed by atoms with Gasteiger partial charge in [0.05, 0.1) is 20.8 Å². The zero-order chi connectivity index (χ0) is 13.1. The van der Waals surface area contributed by atoms with Crippen molar-refractivity contribution in [1.82, 2.24) is 9.97 Å². The Balaban J connectivity index is 2.52. The van der Waals surface area contributed by atoms with Gasteiger partial charge in [-0.2, -0.15) is 0 Å². The quantitative estimate of drug-likeness (QED) is 0.891. The maximum absolute atomic E-state index is 6.10. The maximum atomic E-state index is 6.10. The first kappa shape index (κ1) is 12.7. The van der Waals surface area contributed by atoms with Gasteiger partial charge in [0.25, 0.3) is 0 Å². The van der Waals surface area contributed by atoms with E-state index in [4.69, 9.17) is 26.8 Å². The minimum Gasteiger partial charge on any atom is -0.497 e. The van der Waals surface area contributed by atoms with Crippen LogP contribution in [0, 0.1) is 0 Å². The summed E-state index contributed by atoms with van der Waals surface area (Å²) in [6, 6.07) is 5.45. The van der Waals surface area contributed by atoms with Gasteiger partial charge in [0.2, 0.25) is 0 Å². The maximum Gasteiger partial charge on any atom is 0.134 e. The fraction of sp³-hybridized carbons (Fsp3) is 0.250. The number of rotatable bonds is 4. The van der Waals surface area contributed by atoms with Crippen LogP contribution in [0.25, 0.3) is 11.3 Å². The van der Waals surface area contributed by atoms with Gasteiger partial charge in [0, 0.05) is 11.6 Å². The van der Waals surface area contributed by atoms with E-state index in [1.807, 2.05) is 12.1 Å². The molecule has 3 N–H and O–H groups in total. The van der Waals surface area contributed by atoms with Crippen LogP contribution >= 0.6 is 11.6 Å². The molecule has 18 heavy (non-hydrogen) atoms. The van der Waals surface area contributed by atoms with Crippen molar-refractivity contribution in [2.75, 3.05) is 14.2 Å². The number of nitrogens with one attached hydrogen (secondary N) is 1. The number of halogens is 1. The largest absolute Gasteiger partial charge is 0.497 e. The number of benzene rings is 1. The van der Waals surface area contributed by atoms with Crippen LogP contribution in [0.3, 0.4) is 0 Å². The molecule has 0 aliphatic heterocycles. The van der Waals surface area contributed by atoms with Crippen LogP contribution in [-0.4, -0.2) is 24.2 Å². The van der Waals surface area contributed by atoms with Crippen molar-refractivity contribution in [3.63, 3.8) is 0 Å². The number of nitrogens with zero attached hydrogens (tertiary/aromatic N) is 1. The number of methoxy groups -OCH3 is 2. The summed E-state index contributed by atoms with van der Waals surface area (Å²) in [6.45, 7) is 0.304. The van der Waals surface area contributed by atoms with Crippen molar-refractivity contribution in [1.29, 1.82) is 0 Å². The van der Waals surface area contributed by atoms with Gasteiger partial charge in [0.1, 0.15) is 28.2 Å². The molecule has 0 radical (unpaired) electrons. The summed E-state index contributed by atoms with van der Waals surface area (Å²) < 4.78 is 10.5. The minimum absolute atomic E-state index is 0.304. The second-order valence-electron chi connectivity index (χ2n) is 3.62. The van der Waals surface area contributed by atoms with Crippen molar-refractivity contribution in [3.05, 3.63) is 29.2 Å². The fourth-order valence-corrected chi connectivity index (χ4v) is 1.92. The van der Waals surface area contributed by atoms with Crippen LogP contribution in [0.15, 0.2) is 18.2 Å². The zero-order valence-electron chi connectivity index (χ0n) is 10.2. The zero-order valence-corrected chi connectivity index (χ0v) is 10.9. The molecule has 0 atom stereocenters. The molecule has 0 aliphatic rings. The molecule has 2 aromatic rings. The van der Waals surface area contributed by atoms with Crippen molar-refractivity contribution < 1.29 is 9.47 Å². The van der Waals surface area contributed by atoms with E-state index < -0.39 is 0 Å². The number of aromatic nitrogens is 2. The molecule has 1 aromatic heterocycles. The van der Waals surface area contributed by atoms with Crippen molar-refractivity contribution >= 4 is 11.6 Å². The monoisotopic (exact) mass is 267 g/mol. The Bertz CT molecular complexity index is 554. The van der Waals surface area contributed by atoms with Gasteiger partial charge in [-0.05, 0) is 12.1 Å². The van der Waals surface area contributed by atoms with Crippen molar-refractivity contribution in [2.24, 2.45) is 5.73 Å². The van der Waals surface area contributed by atoms with Gasteiger partial charge < -0.3 is 20.2 Å². The van der Waals surface area contributed by atoms with Gasteiger partial charge in [-0.25, -0.2) is 4.98 Å². The Morgan fingerprint density at radius 1 is 1.33 bits per heavy atom. The number of H-pyrrole nitrogens is 1. The third kappa shape index (κ3) is 2.27. The van der Waals surface area contributed by atoms with E-state index in [0.29, 0.717) is 34.7 Å². The first-order valence-electron chi connectivity index (χ1n) is 5.36. The van der Waals surface area contributed by atoms with Crippen molar-refractivity contribution in [3.8, 4) is 22.8 Å². The smallest absolute Gasteiger partial charge is 0.134 e. The van der Waals surface area contributed by atoms with E-state index in [2.05, 4.69) is 9.97 Å². The van der Waals surface area contributed by atoms with Crippen LogP contribution in [0.2, 0.25) is 5.15 Å². The van der Waals surface area contributed by atoms with Crippen LogP contribution in [0.1, 0.15) is 5.82 Å². The Morgan fingerprint density at radius 2 is 2.11 bits per heavy atom. The lowest BCUT2D eigenvalue weighted by Crippen LogP contribution is -1.98. The molecule has 0 fully saturated rings. The molecule has 0 unspecified atom stereocenters. The van der Waals surface area contributed by atoms with Gasteiger partial charge >= 0.3 is 0 Å². The van der Waals surface area contributed by atoms with Gasteiger partial charge in [-0.3, -0.25) is 0 Å². The molecule has 2 rings (SSSR count). The van der Waals surface area contributed by atoms with E-state index in [1.165, 1.54) is 0 Å². The molecular weight excluding hydrogens is 254 g/mol. The predicted molar refractivity (Wildman–Crippen MR) is 70.0 cm³/mol. The molecule has 0 aliphatic carbocycles. The Kier molecular flexibility index (Phi) is 3.74. The molecule has 0 saturated heterocycles. The Morgan fingerprint density at radius 3 is 2.67 bits per heavy atom. The summed E-state index contributed by atoms with van der Waals surface area (Å²) in [5.41, 5.74) is 6.94. The van der Waals surface area contributed by atoms with E-state index >= 15 is 0 Å².